The van der Waals surface area contributed by atoms with Crippen molar-refractivity contribution < 1.29 is 32.5 Å². The summed E-state index contributed by atoms with van der Waals surface area (Å²) in [6.07, 6.45) is -4.89. The summed E-state index contributed by atoms with van der Waals surface area (Å²) in [5.74, 6) is -0.516. The van der Waals surface area contributed by atoms with Gasteiger partial charge in [-0.3, -0.25) is 0 Å². The van der Waals surface area contributed by atoms with Gasteiger partial charge in [-0.05, 0) is 40.0 Å². The Morgan fingerprint density at radius 3 is 2.48 bits per heavy atom. The zero-order valence-corrected chi connectivity index (χ0v) is 14.0. The molecular weight excluding hydrogens is 313 g/mol. The average molecular weight is 338 g/mol. The third-order valence-corrected chi connectivity index (χ3v) is 4.58. The molecule has 0 spiro atoms. The zero-order chi connectivity index (χ0) is 18.1. The van der Waals surface area contributed by atoms with Gasteiger partial charge < -0.3 is 14.6 Å². The fourth-order valence-electron chi connectivity index (χ4n) is 2.63. The Balaban J connectivity index is 2.77. The van der Waals surface area contributed by atoms with Crippen LogP contribution < -0.4 is 0 Å². The van der Waals surface area contributed by atoms with Crippen LogP contribution in [0.25, 0.3) is 0 Å². The van der Waals surface area contributed by atoms with Gasteiger partial charge >= 0.3 is 12.1 Å². The van der Waals surface area contributed by atoms with Crippen LogP contribution in [0.3, 0.4) is 0 Å². The predicted molar refractivity (Wildman–Crippen MR) is 78.8 cm³/mol. The van der Waals surface area contributed by atoms with Crippen molar-refractivity contribution >= 4 is 5.97 Å². The van der Waals surface area contributed by atoms with Crippen molar-refractivity contribution in [2.75, 3.05) is 0 Å². The molecule has 0 aromatic rings. The fourth-order valence-corrected chi connectivity index (χ4v) is 2.63. The number of ether oxygens (including phenoxy) is 2. The summed E-state index contributed by atoms with van der Waals surface area (Å²) in [5.41, 5.74) is -3.51. The van der Waals surface area contributed by atoms with E-state index in [1.54, 1.807) is 6.92 Å². The highest BCUT2D eigenvalue weighted by atomic mass is 19.4. The number of esters is 1. The van der Waals surface area contributed by atoms with Crippen molar-refractivity contribution in [3.05, 3.63) is 12.2 Å². The molecule has 0 saturated heterocycles. The third kappa shape index (κ3) is 4.47. The minimum Gasteiger partial charge on any atom is -0.459 e. The number of halogens is 3. The number of hydrogen-bond donors (Lipinski definition) is 1. The summed E-state index contributed by atoms with van der Waals surface area (Å²) < 4.78 is 49.6. The minimum atomic E-state index is -4.79. The highest BCUT2D eigenvalue weighted by Crippen LogP contribution is 2.42. The smallest absolute Gasteiger partial charge is 0.419 e. The van der Waals surface area contributed by atoms with E-state index in [1.807, 2.05) is 0 Å². The molecular formula is C16H25F3O4. The van der Waals surface area contributed by atoms with Gasteiger partial charge in [0.2, 0.25) is 0 Å². The second kappa shape index (κ2) is 6.81. The van der Waals surface area contributed by atoms with Gasteiger partial charge in [0.05, 0.1) is 11.7 Å². The lowest BCUT2D eigenvalue weighted by atomic mass is 9.94. The number of aliphatic hydroxyl groups is 1. The quantitative estimate of drug-likeness (QED) is 0.595. The molecule has 0 aromatic heterocycles. The van der Waals surface area contributed by atoms with Crippen LogP contribution >= 0.6 is 0 Å². The van der Waals surface area contributed by atoms with Crippen molar-refractivity contribution in [1.29, 1.82) is 0 Å². The molecule has 0 amide bonds. The lowest BCUT2D eigenvalue weighted by Gasteiger charge is -2.39. The Morgan fingerprint density at radius 1 is 1.48 bits per heavy atom. The summed E-state index contributed by atoms with van der Waals surface area (Å²) in [5, 5.41) is 9.73. The molecule has 1 N–H and O–H groups in total. The van der Waals surface area contributed by atoms with E-state index < -0.39 is 35.6 Å². The SMILES string of the molecule is C=C(C)C(=O)OC1CCC(CC)(OC(C)C(C)(O)C(F)(F)F)C1. The third-order valence-electron chi connectivity index (χ3n) is 4.58. The first-order valence-corrected chi connectivity index (χ1v) is 7.68. The molecule has 1 rings (SSSR count). The summed E-state index contributed by atoms with van der Waals surface area (Å²) >= 11 is 0. The van der Waals surface area contributed by atoms with Gasteiger partial charge in [0.1, 0.15) is 6.10 Å². The van der Waals surface area contributed by atoms with Gasteiger partial charge in [0.15, 0.2) is 5.60 Å². The monoisotopic (exact) mass is 338 g/mol. The standard InChI is InChI=1S/C16H25F3O4/c1-6-15(23-11(4)14(5,21)16(17,18)19)8-7-12(9-15)22-13(20)10(2)3/h11-12,21H,2,6-9H2,1,3-5H3. The Labute approximate surface area is 134 Å². The first kappa shape index (κ1) is 20.0. The van der Waals surface area contributed by atoms with Gasteiger partial charge in [-0.15, -0.1) is 0 Å². The molecule has 4 unspecified atom stereocenters. The lowest BCUT2D eigenvalue weighted by Crippen LogP contribution is -2.54. The van der Waals surface area contributed by atoms with E-state index in [1.165, 1.54) is 13.8 Å². The van der Waals surface area contributed by atoms with Crippen LogP contribution in [-0.2, 0) is 14.3 Å². The summed E-state index contributed by atoms with van der Waals surface area (Å²) in [7, 11) is 0. The first-order valence-electron chi connectivity index (χ1n) is 7.68. The lowest BCUT2D eigenvalue weighted by molar-refractivity contribution is -0.299. The van der Waals surface area contributed by atoms with Crippen molar-refractivity contribution in [1.82, 2.24) is 0 Å². The average Bonchev–Trinajstić information content (AvgIpc) is 2.80. The highest BCUT2D eigenvalue weighted by Gasteiger charge is 2.56. The summed E-state index contributed by atoms with van der Waals surface area (Å²) in [6, 6.07) is 0. The van der Waals surface area contributed by atoms with Crippen LogP contribution in [0.5, 0.6) is 0 Å². The van der Waals surface area contributed by atoms with Crippen molar-refractivity contribution in [3.8, 4) is 0 Å². The normalized spacial score (nSPS) is 29.0. The van der Waals surface area contributed by atoms with E-state index in [9.17, 15) is 23.1 Å². The van der Waals surface area contributed by atoms with Crippen molar-refractivity contribution in [2.24, 2.45) is 0 Å². The van der Waals surface area contributed by atoms with Gasteiger partial charge in [0.25, 0.3) is 0 Å². The minimum absolute atomic E-state index is 0.272. The van der Waals surface area contributed by atoms with E-state index in [2.05, 4.69) is 6.58 Å². The number of rotatable bonds is 6. The molecule has 0 bridgehead atoms. The predicted octanol–water partition coefficient (Wildman–Crippen LogP) is 3.53. The molecule has 23 heavy (non-hydrogen) atoms. The van der Waals surface area contributed by atoms with Gasteiger partial charge in [-0.1, -0.05) is 13.5 Å². The maximum Gasteiger partial charge on any atom is 0.419 e. The molecule has 0 radical (unpaired) electrons. The van der Waals surface area contributed by atoms with E-state index in [-0.39, 0.29) is 5.57 Å². The van der Waals surface area contributed by atoms with Crippen LogP contribution in [0.15, 0.2) is 12.2 Å². The zero-order valence-electron chi connectivity index (χ0n) is 14.0. The Morgan fingerprint density at radius 2 is 2.04 bits per heavy atom. The van der Waals surface area contributed by atoms with Crippen molar-refractivity contribution in [3.63, 3.8) is 0 Å². The summed E-state index contributed by atoms with van der Waals surface area (Å²) in [6.45, 7) is 8.74. The highest BCUT2D eigenvalue weighted by molar-refractivity contribution is 5.87. The van der Waals surface area contributed by atoms with Gasteiger partial charge in [-0.25, -0.2) is 4.79 Å². The molecule has 4 atom stereocenters. The second-order valence-electron chi connectivity index (χ2n) is 6.49. The van der Waals surface area contributed by atoms with Crippen LogP contribution in [0.2, 0.25) is 0 Å². The van der Waals surface area contributed by atoms with Gasteiger partial charge in [0, 0.05) is 12.0 Å². The van der Waals surface area contributed by atoms with Crippen LogP contribution in [0, 0.1) is 0 Å². The Kier molecular flexibility index (Phi) is 5.91. The van der Waals surface area contributed by atoms with Crippen LogP contribution in [0.4, 0.5) is 13.2 Å². The Hall–Kier alpha value is -1.08. The molecule has 0 aromatic carbocycles. The number of hydrogen-bond acceptors (Lipinski definition) is 4. The topological polar surface area (TPSA) is 55.8 Å². The van der Waals surface area contributed by atoms with E-state index in [4.69, 9.17) is 9.47 Å². The van der Waals surface area contributed by atoms with Crippen LogP contribution in [-0.4, -0.2) is 40.7 Å². The first-order chi connectivity index (χ1) is 10.3. The molecule has 1 fully saturated rings. The molecule has 1 saturated carbocycles. The molecule has 134 valence electrons. The van der Waals surface area contributed by atoms with E-state index >= 15 is 0 Å². The maximum absolute atomic E-state index is 12.9. The van der Waals surface area contributed by atoms with Gasteiger partial charge in [-0.2, -0.15) is 13.2 Å². The maximum atomic E-state index is 12.9. The van der Waals surface area contributed by atoms with E-state index in [0.717, 1.165) is 0 Å². The molecule has 7 heteroatoms. The molecule has 0 heterocycles. The number of carbonyl (C=O) groups excluding carboxylic acids is 1. The summed E-state index contributed by atoms with van der Waals surface area (Å²) in [4.78, 5) is 11.6. The molecule has 0 aliphatic heterocycles. The Bertz CT molecular complexity index is 459. The second-order valence-corrected chi connectivity index (χ2v) is 6.49. The number of carbonyl (C=O) groups is 1. The number of alkyl halides is 3. The van der Waals surface area contributed by atoms with Crippen LogP contribution in [0.1, 0.15) is 53.4 Å². The molecule has 4 nitrogen and oxygen atoms in total. The molecule has 1 aliphatic rings. The largest absolute Gasteiger partial charge is 0.459 e. The molecule has 1 aliphatic carbocycles. The van der Waals surface area contributed by atoms with Crippen molar-refractivity contribution in [2.45, 2.75) is 83.0 Å². The van der Waals surface area contributed by atoms with E-state index in [0.29, 0.717) is 32.6 Å². The fraction of sp³-hybridized carbons (Fsp3) is 0.812.